The minimum Gasteiger partial charge on any atom is -0.348 e. The fourth-order valence-corrected chi connectivity index (χ4v) is 5.34. The molecule has 6 heteroatoms. The minimum atomic E-state index is -3.73. The van der Waals surface area contributed by atoms with Gasteiger partial charge in [-0.1, -0.05) is 55.5 Å². The summed E-state index contributed by atoms with van der Waals surface area (Å²) in [6, 6.07) is 18.5. The van der Waals surface area contributed by atoms with E-state index in [1.807, 2.05) is 49.4 Å². The van der Waals surface area contributed by atoms with Gasteiger partial charge >= 0.3 is 0 Å². The van der Waals surface area contributed by atoms with Gasteiger partial charge in [0.15, 0.2) is 0 Å². The summed E-state index contributed by atoms with van der Waals surface area (Å²) >= 11 is 0. The third-order valence-electron chi connectivity index (χ3n) is 5.23. The number of anilines is 1. The Morgan fingerprint density at radius 3 is 2.39 bits per heavy atom. The van der Waals surface area contributed by atoms with E-state index in [2.05, 4.69) is 12.2 Å². The van der Waals surface area contributed by atoms with Crippen molar-refractivity contribution in [1.29, 1.82) is 0 Å². The molecule has 1 N–H and O–H groups in total. The minimum absolute atomic E-state index is 0.207. The van der Waals surface area contributed by atoms with Crippen LogP contribution in [0.5, 0.6) is 0 Å². The fourth-order valence-electron chi connectivity index (χ4n) is 3.67. The number of hydrogen-bond acceptors (Lipinski definition) is 3. The Morgan fingerprint density at radius 1 is 1.04 bits per heavy atom. The summed E-state index contributed by atoms with van der Waals surface area (Å²) in [6.45, 7) is 3.75. The number of rotatable bonds is 5. The van der Waals surface area contributed by atoms with Gasteiger partial charge in [0.1, 0.15) is 6.54 Å². The second-order valence-electron chi connectivity index (χ2n) is 7.03. The van der Waals surface area contributed by atoms with Crippen LogP contribution < -0.4 is 9.62 Å². The summed E-state index contributed by atoms with van der Waals surface area (Å²) in [5.41, 5.74) is 2.78. The number of benzene rings is 3. The average molecular weight is 394 g/mol. The maximum Gasteiger partial charge on any atom is 0.265 e. The molecule has 0 fully saturated rings. The van der Waals surface area contributed by atoms with Gasteiger partial charge in [-0.05, 0) is 42.0 Å². The van der Waals surface area contributed by atoms with Crippen LogP contribution in [0.2, 0.25) is 0 Å². The van der Waals surface area contributed by atoms with Crippen LogP contribution in [-0.2, 0) is 21.2 Å². The quantitative estimate of drug-likeness (QED) is 0.716. The van der Waals surface area contributed by atoms with Gasteiger partial charge in [-0.25, -0.2) is 8.42 Å². The largest absolute Gasteiger partial charge is 0.348 e. The van der Waals surface area contributed by atoms with Gasteiger partial charge in [-0.2, -0.15) is 0 Å². The molecule has 0 saturated carbocycles. The molecule has 1 heterocycles. The topological polar surface area (TPSA) is 66.5 Å². The maximum atomic E-state index is 13.0. The molecule has 0 aromatic heterocycles. The molecule has 1 atom stereocenters. The number of carbonyl (C=O) groups excluding carboxylic acids is 1. The first-order valence-corrected chi connectivity index (χ1v) is 10.8. The molecule has 1 aliphatic rings. The van der Waals surface area contributed by atoms with Crippen molar-refractivity contribution in [2.24, 2.45) is 0 Å². The highest BCUT2D eigenvalue weighted by molar-refractivity contribution is 7.93. The Morgan fingerprint density at radius 2 is 1.71 bits per heavy atom. The molecular formula is C22H22N2O3S. The second kappa shape index (κ2) is 6.95. The maximum absolute atomic E-state index is 13.0. The van der Waals surface area contributed by atoms with E-state index in [4.69, 9.17) is 0 Å². The molecule has 0 aliphatic carbocycles. The SMILES string of the molecule is CCc1ccc([C@@H](C)NC(=O)CN2c3cccc4cccc(c34)S2(=O)=O)cc1. The lowest BCUT2D eigenvalue weighted by Gasteiger charge is -2.20. The fraction of sp³-hybridized carbons (Fsp3) is 0.227. The first-order chi connectivity index (χ1) is 13.4. The van der Waals surface area contributed by atoms with E-state index in [-0.39, 0.29) is 23.4 Å². The molecule has 0 bridgehead atoms. The summed E-state index contributed by atoms with van der Waals surface area (Å²) in [5, 5.41) is 4.45. The van der Waals surface area contributed by atoms with Crippen molar-refractivity contribution in [3.63, 3.8) is 0 Å². The van der Waals surface area contributed by atoms with E-state index in [0.717, 1.165) is 17.4 Å². The molecule has 5 nitrogen and oxygen atoms in total. The second-order valence-corrected chi connectivity index (χ2v) is 8.86. The zero-order valence-corrected chi connectivity index (χ0v) is 16.7. The lowest BCUT2D eigenvalue weighted by atomic mass is 10.1. The number of aryl methyl sites for hydroxylation is 1. The Labute approximate surface area is 165 Å². The van der Waals surface area contributed by atoms with Crippen LogP contribution in [0, 0.1) is 0 Å². The van der Waals surface area contributed by atoms with Crippen molar-refractivity contribution >= 4 is 32.4 Å². The van der Waals surface area contributed by atoms with Crippen LogP contribution in [0.25, 0.3) is 10.8 Å². The number of carbonyl (C=O) groups is 1. The van der Waals surface area contributed by atoms with Crippen LogP contribution >= 0.6 is 0 Å². The third kappa shape index (κ3) is 3.03. The Hall–Kier alpha value is -2.86. The van der Waals surface area contributed by atoms with Crippen LogP contribution in [0.15, 0.2) is 65.6 Å². The van der Waals surface area contributed by atoms with Gasteiger partial charge in [-0.3, -0.25) is 9.10 Å². The first kappa shape index (κ1) is 18.5. The van der Waals surface area contributed by atoms with E-state index < -0.39 is 10.0 Å². The van der Waals surface area contributed by atoms with E-state index >= 15 is 0 Å². The molecule has 1 aliphatic heterocycles. The smallest absolute Gasteiger partial charge is 0.265 e. The number of amides is 1. The summed E-state index contributed by atoms with van der Waals surface area (Å²) in [6.07, 6.45) is 0.958. The Kier molecular flexibility index (Phi) is 4.59. The normalized spacial score (nSPS) is 15.6. The standard InChI is InChI=1S/C22H22N2O3S/c1-3-16-10-12-17(13-11-16)15(2)23-21(25)14-24-19-8-4-6-18-7-5-9-20(22(18)19)28(24,26)27/h4-13,15H,3,14H2,1-2H3,(H,23,25)/t15-/m1/s1. The number of nitrogens with one attached hydrogen (secondary N) is 1. The van der Waals surface area contributed by atoms with Crippen LogP contribution in [0.1, 0.15) is 31.0 Å². The monoisotopic (exact) mass is 394 g/mol. The highest BCUT2D eigenvalue weighted by Crippen LogP contribution is 2.41. The summed E-state index contributed by atoms with van der Waals surface area (Å²) in [4.78, 5) is 12.9. The molecule has 3 aromatic rings. The molecule has 0 saturated heterocycles. The van der Waals surface area contributed by atoms with Crippen molar-refractivity contribution in [3.05, 3.63) is 71.8 Å². The molecule has 0 radical (unpaired) electrons. The van der Waals surface area contributed by atoms with Crippen molar-refractivity contribution in [3.8, 4) is 0 Å². The van der Waals surface area contributed by atoms with E-state index in [1.54, 1.807) is 18.2 Å². The summed E-state index contributed by atoms with van der Waals surface area (Å²) in [5.74, 6) is -0.333. The zero-order valence-electron chi connectivity index (χ0n) is 15.8. The predicted molar refractivity (Wildman–Crippen MR) is 111 cm³/mol. The van der Waals surface area contributed by atoms with Gasteiger partial charge in [0.2, 0.25) is 5.91 Å². The first-order valence-electron chi connectivity index (χ1n) is 9.34. The van der Waals surface area contributed by atoms with Gasteiger partial charge in [0.05, 0.1) is 16.6 Å². The lowest BCUT2D eigenvalue weighted by molar-refractivity contribution is -0.120. The molecule has 1 amide bonds. The predicted octanol–water partition coefficient (Wildman–Crippen LogP) is 3.79. The summed E-state index contributed by atoms with van der Waals surface area (Å²) < 4.78 is 27.1. The van der Waals surface area contributed by atoms with E-state index in [9.17, 15) is 13.2 Å². The highest BCUT2D eigenvalue weighted by Gasteiger charge is 2.36. The van der Waals surface area contributed by atoms with Crippen molar-refractivity contribution in [2.75, 3.05) is 10.8 Å². The van der Waals surface area contributed by atoms with Gasteiger partial charge in [0.25, 0.3) is 10.0 Å². The van der Waals surface area contributed by atoms with Crippen LogP contribution in [0.4, 0.5) is 5.69 Å². The van der Waals surface area contributed by atoms with Gasteiger partial charge in [-0.15, -0.1) is 0 Å². The van der Waals surface area contributed by atoms with Gasteiger partial charge in [0, 0.05) is 5.39 Å². The molecule has 0 unspecified atom stereocenters. The third-order valence-corrected chi connectivity index (χ3v) is 7.04. The molecule has 28 heavy (non-hydrogen) atoms. The van der Waals surface area contributed by atoms with Crippen LogP contribution in [-0.4, -0.2) is 20.9 Å². The number of sulfonamides is 1. The Balaban J connectivity index is 1.56. The number of hydrogen-bond donors (Lipinski definition) is 1. The summed E-state index contributed by atoms with van der Waals surface area (Å²) in [7, 11) is -3.73. The van der Waals surface area contributed by atoms with Crippen molar-refractivity contribution < 1.29 is 13.2 Å². The lowest BCUT2D eigenvalue weighted by Crippen LogP contribution is -2.39. The van der Waals surface area contributed by atoms with Crippen LogP contribution in [0.3, 0.4) is 0 Å². The van der Waals surface area contributed by atoms with E-state index in [1.165, 1.54) is 9.87 Å². The van der Waals surface area contributed by atoms with Crippen molar-refractivity contribution in [1.82, 2.24) is 5.32 Å². The molecule has 144 valence electrons. The highest BCUT2D eigenvalue weighted by atomic mass is 32.2. The average Bonchev–Trinajstić information content (AvgIpc) is 2.91. The zero-order chi connectivity index (χ0) is 19.9. The van der Waals surface area contributed by atoms with E-state index in [0.29, 0.717) is 11.1 Å². The molecule has 0 spiro atoms. The Bertz CT molecular complexity index is 1150. The molecule has 4 rings (SSSR count). The molecular weight excluding hydrogens is 372 g/mol. The van der Waals surface area contributed by atoms with Crippen molar-refractivity contribution in [2.45, 2.75) is 31.2 Å². The molecule has 3 aromatic carbocycles. The van der Waals surface area contributed by atoms with Gasteiger partial charge < -0.3 is 5.32 Å². The number of nitrogens with zero attached hydrogens (tertiary/aromatic N) is 1.